The van der Waals surface area contributed by atoms with E-state index in [1.807, 2.05) is 0 Å². The summed E-state index contributed by atoms with van der Waals surface area (Å²) in [5.74, 6) is -1.77. The molecule has 23 heavy (non-hydrogen) atoms. The van der Waals surface area contributed by atoms with E-state index >= 15 is 0 Å². The monoisotopic (exact) mass is 318 g/mol. The van der Waals surface area contributed by atoms with Crippen LogP contribution >= 0.6 is 0 Å². The highest BCUT2D eigenvalue weighted by Gasteiger charge is 2.57. The molecule has 1 aliphatic heterocycles. The van der Waals surface area contributed by atoms with Crippen molar-refractivity contribution in [2.24, 2.45) is 5.41 Å². The first-order chi connectivity index (χ1) is 11.0. The number of benzene rings is 1. The summed E-state index contributed by atoms with van der Waals surface area (Å²) in [6, 6.07) is 6.56. The summed E-state index contributed by atoms with van der Waals surface area (Å²) in [6.45, 7) is 0.606. The summed E-state index contributed by atoms with van der Waals surface area (Å²) in [5.41, 5.74) is -0.173. The number of amides is 2. The zero-order valence-corrected chi connectivity index (χ0v) is 12.5. The molecule has 1 heterocycles. The molecule has 2 fully saturated rings. The average molecular weight is 318 g/mol. The van der Waals surface area contributed by atoms with Gasteiger partial charge in [0.1, 0.15) is 11.5 Å². The molecule has 0 spiro atoms. The highest BCUT2D eigenvalue weighted by atomic mass is 16.5. The number of rotatable bonds is 5. The number of carboxylic acid groups (broad SMARTS) is 1. The second kappa shape index (κ2) is 6.00. The van der Waals surface area contributed by atoms with E-state index in [4.69, 9.17) is 9.84 Å². The molecule has 7 heteroatoms. The van der Waals surface area contributed by atoms with Crippen molar-refractivity contribution in [1.29, 1.82) is 0 Å². The van der Waals surface area contributed by atoms with Gasteiger partial charge in [-0.2, -0.15) is 0 Å². The Hall–Kier alpha value is -2.41. The predicted molar refractivity (Wildman–Crippen MR) is 82.0 cm³/mol. The minimum Gasteiger partial charge on any atom is -0.480 e. The van der Waals surface area contributed by atoms with E-state index in [0.29, 0.717) is 30.8 Å². The van der Waals surface area contributed by atoms with E-state index in [1.54, 1.807) is 24.3 Å². The van der Waals surface area contributed by atoms with E-state index in [0.717, 1.165) is 12.8 Å². The molecule has 2 aliphatic rings. The Morgan fingerprint density at radius 3 is 2.17 bits per heavy atom. The van der Waals surface area contributed by atoms with Crippen molar-refractivity contribution in [3.63, 3.8) is 0 Å². The van der Waals surface area contributed by atoms with Crippen LogP contribution in [0.15, 0.2) is 24.3 Å². The third-order valence-corrected chi connectivity index (χ3v) is 4.23. The van der Waals surface area contributed by atoms with Crippen molar-refractivity contribution in [2.75, 3.05) is 17.2 Å². The van der Waals surface area contributed by atoms with Gasteiger partial charge in [0.05, 0.1) is 0 Å². The number of hydrogen-bond donors (Lipinski definition) is 3. The SMILES string of the molecule is O=C(Nc1ccc(NC(=O)C2(C(=O)O)CC2)cc1)C1CCCO1. The van der Waals surface area contributed by atoms with Gasteiger partial charge in [-0.05, 0) is 49.9 Å². The molecule has 1 aliphatic carbocycles. The number of carbonyl (C=O) groups excluding carboxylic acids is 2. The molecule has 1 aromatic rings. The maximum absolute atomic E-state index is 12.0. The van der Waals surface area contributed by atoms with Gasteiger partial charge in [-0.25, -0.2) is 0 Å². The van der Waals surface area contributed by atoms with Gasteiger partial charge in [0.15, 0.2) is 0 Å². The number of hydrogen-bond acceptors (Lipinski definition) is 4. The van der Waals surface area contributed by atoms with Gasteiger partial charge >= 0.3 is 5.97 Å². The van der Waals surface area contributed by atoms with E-state index in [1.165, 1.54) is 0 Å². The molecule has 1 saturated heterocycles. The summed E-state index contributed by atoms with van der Waals surface area (Å²) in [7, 11) is 0. The smallest absolute Gasteiger partial charge is 0.319 e. The Balaban J connectivity index is 1.58. The lowest BCUT2D eigenvalue weighted by Gasteiger charge is -2.12. The number of carbonyl (C=O) groups is 3. The third kappa shape index (κ3) is 3.19. The molecule has 3 N–H and O–H groups in total. The Morgan fingerprint density at radius 1 is 1.09 bits per heavy atom. The van der Waals surface area contributed by atoms with Crippen LogP contribution in [-0.2, 0) is 19.1 Å². The first-order valence-electron chi connectivity index (χ1n) is 7.59. The summed E-state index contributed by atoms with van der Waals surface area (Å²) < 4.78 is 5.31. The first-order valence-corrected chi connectivity index (χ1v) is 7.59. The van der Waals surface area contributed by atoms with Gasteiger partial charge in [0.2, 0.25) is 5.91 Å². The molecule has 1 aromatic carbocycles. The summed E-state index contributed by atoms with van der Waals surface area (Å²) in [6.07, 6.45) is 1.93. The molecular formula is C16H18N2O5. The molecule has 0 aromatic heterocycles. The molecular weight excluding hydrogens is 300 g/mol. The van der Waals surface area contributed by atoms with Gasteiger partial charge in [0.25, 0.3) is 5.91 Å². The number of aliphatic carboxylic acids is 1. The summed E-state index contributed by atoms with van der Waals surface area (Å²) in [4.78, 5) is 35.0. The fourth-order valence-electron chi connectivity index (χ4n) is 2.56. The van der Waals surface area contributed by atoms with Gasteiger partial charge in [0, 0.05) is 18.0 Å². The Bertz CT molecular complexity index is 630. The van der Waals surface area contributed by atoms with Gasteiger partial charge in [-0.15, -0.1) is 0 Å². The molecule has 122 valence electrons. The maximum Gasteiger partial charge on any atom is 0.319 e. The quantitative estimate of drug-likeness (QED) is 0.715. The Kier molecular flexibility index (Phi) is 4.04. The fraction of sp³-hybridized carbons (Fsp3) is 0.438. The minimum absolute atomic E-state index is 0.179. The van der Waals surface area contributed by atoms with Gasteiger partial charge in [-0.1, -0.05) is 0 Å². The van der Waals surface area contributed by atoms with Crippen LogP contribution in [0.4, 0.5) is 11.4 Å². The van der Waals surface area contributed by atoms with E-state index in [9.17, 15) is 14.4 Å². The van der Waals surface area contributed by atoms with Crippen LogP contribution < -0.4 is 10.6 Å². The van der Waals surface area contributed by atoms with Crippen LogP contribution in [0.2, 0.25) is 0 Å². The Morgan fingerprint density at radius 2 is 1.70 bits per heavy atom. The number of carboxylic acids is 1. The largest absolute Gasteiger partial charge is 0.480 e. The lowest BCUT2D eigenvalue weighted by Crippen LogP contribution is -2.31. The van der Waals surface area contributed by atoms with Crippen molar-refractivity contribution >= 4 is 29.2 Å². The third-order valence-electron chi connectivity index (χ3n) is 4.23. The van der Waals surface area contributed by atoms with E-state index in [-0.39, 0.29) is 5.91 Å². The molecule has 1 unspecified atom stereocenters. The number of ether oxygens (including phenoxy) is 1. The van der Waals surface area contributed by atoms with Crippen LogP contribution in [0.25, 0.3) is 0 Å². The second-order valence-corrected chi connectivity index (χ2v) is 5.91. The van der Waals surface area contributed by atoms with E-state index < -0.39 is 23.4 Å². The lowest BCUT2D eigenvalue weighted by atomic mass is 10.1. The van der Waals surface area contributed by atoms with Crippen molar-refractivity contribution in [1.82, 2.24) is 0 Å². The van der Waals surface area contributed by atoms with Gasteiger partial charge in [-0.3, -0.25) is 14.4 Å². The molecule has 3 rings (SSSR count). The molecule has 1 saturated carbocycles. The predicted octanol–water partition coefficient (Wildman–Crippen LogP) is 1.61. The molecule has 1 atom stereocenters. The normalized spacial score (nSPS) is 21.5. The first kappa shape index (κ1) is 15.5. The molecule has 0 radical (unpaired) electrons. The topological polar surface area (TPSA) is 105 Å². The average Bonchev–Trinajstić information content (AvgIpc) is 3.17. The molecule has 0 bridgehead atoms. The number of nitrogens with one attached hydrogen (secondary N) is 2. The van der Waals surface area contributed by atoms with Crippen LogP contribution in [0.3, 0.4) is 0 Å². The van der Waals surface area contributed by atoms with Crippen molar-refractivity contribution < 1.29 is 24.2 Å². The maximum atomic E-state index is 12.0. The standard InChI is InChI=1S/C16H18N2O5/c19-13(12-2-1-9-23-12)17-10-3-5-11(6-4-10)18-14(20)16(7-8-16)15(21)22/h3-6,12H,1-2,7-9H2,(H,17,19)(H,18,20)(H,21,22). The lowest BCUT2D eigenvalue weighted by molar-refractivity contribution is -0.147. The van der Waals surface area contributed by atoms with Crippen LogP contribution in [0.1, 0.15) is 25.7 Å². The van der Waals surface area contributed by atoms with Crippen LogP contribution in [0.5, 0.6) is 0 Å². The van der Waals surface area contributed by atoms with Crippen LogP contribution in [0, 0.1) is 5.41 Å². The minimum atomic E-state index is -1.27. The van der Waals surface area contributed by atoms with Crippen molar-refractivity contribution in [3.8, 4) is 0 Å². The highest BCUT2D eigenvalue weighted by molar-refractivity contribution is 6.10. The van der Waals surface area contributed by atoms with Gasteiger partial charge < -0.3 is 20.5 Å². The van der Waals surface area contributed by atoms with E-state index in [2.05, 4.69) is 10.6 Å². The molecule has 7 nitrogen and oxygen atoms in total. The second-order valence-electron chi connectivity index (χ2n) is 5.91. The highest BCUT2D eigenvalue weighted by Crippen LogP contribution is 2.46. The summed E-state index contributed by atoms with van der Waals surface area (Å²) >= 11 is 0. The Labute approximate surface area is 133 Å². The fourth-order valence-corrected chi connectivity index (χ4v) is 2.56. The zero-order chi connectivity index (χ0) is 16.4. The molecule has 2 amide bonds. The van der Waals surface area contributed by atoms with Crippen LogP contribution in [-0.4, -0.2) is 35.6 Å². The summed E-state index contributed by atoms with van der Waals surface area (Å²) in [5, 5.41) is 14.4. The van der Waals surface area contributed by atoms with Crippen molar-refractivity contribution in [2.45, 2.75) is 31.8 Å². The zero-order valence-electron chi connectivity index (χ0n) is 12.5. The number of anilines is 2. The van der Waals surface area contributed by atoms with Crippen molar-refractivity contribution in [3.05, 3.63) is 24.3 Å².